The Hall–Kier alpha value is -1.07. The van der Waals surface area contributed by atoms with Gasteiger partial charge in [0.15, 0.2) is 0 Å². The van der Waals surface area contributed by atoms with Crippen LogP contribution in [0, 0.1) is 0 Å². The van der Waals surface area contributed by atoms with Crippen LogP contribution in [0.25, 0.3) is 0 Å². The van der Waals surface area contributed by atoms with Crippen LogP contribution in [0.4, 0.5) is 5.95 Å². The maximum absolute atomic E-state index is 9.14. The number of aliphatic hydroxyl groups is 1. The summed E-state index contributed by atoms with van der Waals surface area (Å²) in [6.07, 6.45) is 3.69. The van der Waals surface area contributed by atoms with Crippen LogP contribution < -0.4 is 4.90 Å². The molecule has 2 unspecified atom stereocenters. The normalized spacial score (nSPS) is 26.1. The van der Waals surface area contributed by atoms with Crippen molar-refractivity contribution >= 4 is 5.95 Å². The average molecular weight is 225 g/mol. The summed E-state index contributed by atoms with van der Waals surface area (Å²) in [5, 5.41) is 9.14. The van der Waals surface area contributed by atoms with Crippen molar-refractivity contribution < 1.29 is 9.84 Å². The van der Waals surface area contributed by atoms with E-state index in [2.05, 4.69) is 28.3 Å². The van der Waals surface area contributed by atoms with Crippen molar-refractivity contribution in [3.63, 3.8) is 0 Å². The predicted molar refractivity (Wildman–Crippen MR) is 61.5 cm³/mol. The Labute approximate surface area is 95.7 Å². The van der Waals surface area contributed by atoms with Crippen molar-refractivity contribution in [3.05, 3.63) is 12.4 Å². The second-order valence-electron chi connectivity index (χ2n) is 4.15. The Bertz CT molecular complexity index is 340. The van der Waals surface area contributed by atoms with Crippen molar-refractivity contribution in [3.8, 4) is 0 Å². The van der Waals surface area contributed by atoms with Gasteiger partial charge in [-0.1, -0.05) is 0 Å². The number of aromatic nitrogens is 2. The molecule has 0 aromatic carbocycles. The van der Waals surface area contributed by atoms with E-state index in [1.807, 2.05) is 12.4 Å². The molecule has 1 aromatic heterocycles. The van der Waals surface area contributed by atoms with Crippen molar-refractivity contribution in [1.29, 1.82) is 0 Å². The Balaban J connectivity index is 2.17. The second-order valence-corrected chi connectivity index (χ2v) is 4.15. The molecule has 1 aliphatic heterocycles. The van der Waals surface area contributed by atoms with Crippen LogP contribution >= 0.6 is 0 Å². The molecule has 0 saturated carbocycles. The maximum Gasteiger partial charge on any atom is 0.205 e. The summed E-state index contributed by atoms with van der Waals surface area (Å²) in [7, 11) is 0. The van der Waals surface area contributed by atoms with E-state index in [1.165, 1.54) is 0 Å². The number of morpholine rings is 1. The van der Waals surface area contributed by atoms with Crippen LogP contribution in [0.15, 0.2) is 12.4 Å². The quantitative estimate of drug-likeness (QED) is 0.813. The van der Waals surface area contributed by atoms with Gasteiger partial charge in [0.1, 0.15) is 0 Å². The molecular weight excluding hydrogens is 206 g/mol. The fourth-order valence-electron chi connectivity index (χ4n) is 2.01. The highest BCUT2D eigenvalue weighted by Crippen LogP contribution is 2.19. The van der Waals surface area contributed by atoms with E-state index in [1.54, 1.807) is 0 Å². The third kappa shape index (κ3) is 2.05. The molecule has 16 heavy (non-hydrogen) atoms. The molecule has 90 valence electrons. The SMILES string of the molecule is CCn1ccnc1N1CC(CO)OCC1C. The van der Waals surface area contributed by atoms with Crippen molar-refractivity contribution in [1.82, 2.24) is 9.55 Å². The zero-order valence-electron chi connectivity index (χ0n) is 9.83. The first kappa shape index (κ1) is 11.4. The molecule has 2 heterocycles. The summed E-state index contributed by atoms with van der Waals surface area (Å²) in [6.45, 7) is 6.53. The number of aliphatic hydroxyl groups excluding tert-OH is 1. The summed E-state index contributed by atoms with van der Waals surface area (Å²) in [5.41, 5.74) is 0. The molecule has 1 N–H and O–H groups in total. The molecule has 0 spiro atoms. The lowest BCUT2D eigenvalue weighted by atomic mass is 10.2. The molecule has 1 fully saturated rings. The lowest BCUT2D eigenvalue weighted by Gasteiger charge is -2.38. The number of ether oxygens (including phenoxy) is 1. The third-order valence-corrected chi connectivity index (χ3v) is 3.00. The predicted octanol–water partition coefficient (Wildman–Crippen LogP) is 0.489. The first-order valence-electron chi connectivity index (χ1n) is 5.76. The molecule has 5 heteroatoms. The van der Waals surface area contributed by atoms with Crippen LogP contribution in [0.3, 0.4) is 0 Å². The van der Waals surface area contributed by atoms with Crippen LogP contribution in [-0.4, -0.2) is 46.6 Å². The van der Waals surface area contributed by atoms with Gasteiger partial charge in [-0.2, -0.15) is 0 Å². The summed E-state index contributed by atoms with van der Waals surface area (Å²) in [6, 6.07) is 0.301. The van der Waals surface area contributed by atoms with E-state index < -0.39 is 0 Å². The lowest BCUT2D eigenvalue weighted by Crippen LogP contribution is -2.50. The van der Waals surface area contributed by atoms with E-state index in [0.29, 0.717) is 19.2 Å². The topological polar surface area (TPSA) is 50.5 Å². The van der Waals surface area contributed by atoms with Gasteiger partial charge in [-0.25, -0.2) is 4.98 Å². The minimum atomic E-state index is -0.0989. The molecule has 1 saturated heterocycles. The molecule has 1 aromatic rings. The van der Waals surface area contributed by atoms with E-state index in [9.17, 15) is 0 Å². The Morgan fingerprint density at radius 2 is 2.44 bits per heavy atom. The monoisotopic (exact) mass is 225 g/mol. The van der Waals surface area contributed by atoms with Gasteiger partial charge in [0.25, 0.3) is 0 Å². The molecular formula is C11H19N3O2. The van der Waals surface area contributed by atoms with Gasteiger partial charge in [-0.05, 0) is 13.8 Å². The molecule has 0 radical (unpaired) electrons. The van der Waals surface area contributed by atoms with E-state index >= 15 is 0 Å². The molecule has 0 bridgehead atoms. The Kier molecular flexibility index (Phi) is 3.46. The Morgan fingerprint density at radius 1 is 1.62 bits per heavy atom. The molecule has 2 atom stereocenters. The summed E-state index contributed by atoms with van der Waals surface area (Å²) in [4.78, 5) is 6.58. The van der Waals surface area contributed by atoms with Gasteiger partial charge in [-0.3, -0.25) is 0 Å². The smallest absolute Gasteiger partial charge is 0.205 e. The second kappa shape index (κ2) is 4.84. The largest absolute Gasteiger partial charge is 0.394 e. The number of imidazole rings is 1. The van der Waals surface area contributed by atoms with E-state index in [0.717, 1.165) is 12.5 Å². The first-order chi connectivity index (χ1) is 7.76. The molecule has 5 nitrogen and oxygen atoms in total. The highest BCUT2D eigenvalue weighted by molar-refractivity contribution is 5.34. The fraction of sp³-hybridized carbons (Fsp3) is 0.727. The number of aryl methyl sites for hydroxylation is 1. The van der Waals surface area contributed by atoms with E-state index in [-0.39, 0.29) is 12.7 Å². The maximum atomic E-state index is 9.14. The number of hydrogen-bond donors (Lipinski definition) is 1. The third-order valence-electron chi connectivity index (χ3n) is 3.00. The van der Waals surface area contributed by atoms with Crippen LogP contribution in [-0.2, 0) is 11.3 Å². The summed E-state index contributed by atoms with van der Waals surface area (Å²) >= 11 is 0. The molecule has 1 aliphatic rings. The van der Waals surface area contributed by atoms with Crippen molar-refractivity contribution in [2.24, 2.45) is 0 Å². The minimum absolute atomic E-state index is 0.0655. The standard InChI is InChI=1S/C11H19N3O2/c1-3-13-5-4-12-11(13)14-6-10(7-15)16-8-9(14)2/h4-5,9-10,15H,3,6-8H2,1-2H3. The minimum Gasteiger partial charge on any atom is -0.394 e. The summed E-state index contributed by atoms with van der Waals surface area (Å²) in [5.74, 6) is 0.969. The highest BCUT2D eigenvalue weighted by Gasteiger charge is 2.27. The van der Waals surface area contributed by atoms with Crippen LogP contribution in [0.5, 0.6) is 0 Å². The number of hydrogen-bond acceptors (Lipinski definition) is 4. The molecule has 0 amide bonds. The van der Waals surface area contributed by atoms with Gasteiger partial charge < -0.3 is 19.3 Å². The molecule has 2 rings (SSSR count). The van der Waals surface area contributed by atoms with Gasteiger partial charge in [0, 0.05) is 25.5 Å². The van der Waals surface area contributed by atoms with Gasteiger partial charge >= 0.3 is 0 Å². The number of nitrogens with zero attached hydrogens (tertiary/aromatic N) is 3. The summed E-state index contributed by atoms with van der Waals surface area (Å²) < 4.78 is 7.62. The zero-order chi connectivity index (χ0) is 11.5. The first-order valence-corrected chi connectivity index (χ1v) is 5.76. The number of rotatable bonds is 3. The average Bonchev–Trinajstić information content (AvgIpc) is 2.77. The van der Waals surface area contributed by atoms with Gasteiger partial charge in [0.2, 0.25) is 5.95 Å². The van der Waals surface area contributed by atoms with Gasteiger partial charge in [0.05, 0.1) is 25.4 Å². The Morgan fingerprint density at radius 3 is 3.12 bits per heavy atom. The van der Waals surface area contributed by atoms with Crippen molar-refractivity contribution in [2.75, 3.05) is 24.7 Å². The zero-order valence-corrected chi connectivity index (χ0v) is 9.83. The molecule has 0 aliphatic carbocycles. The number of anilines is 1. The van der Waals surface area contributed by atoms with E-state index in [4.69, 9.17) is 9.84 Å². The van der Waals surface area contributed by atoms with Crippen LogP contribution in [0.1, 0.15) is 13.8 Å². The fourth-order valence-corrected chi connectivity index (χ4v) is 2.01. The highest BCUT2D eigenvalue weighted by atomic mass is 16.5. The van der Waals surface area contributed by atoms with Crippen LogP contribution in [0.2, 0.25) is 0 Å². The van der Waals surface area contributed by atoms with Crippen molar-refractivity contribution in [2.45, 2.75) is 32.5 Å². The lowest BCUT2D eigenvalue weighted by molar-refractivity contribution is -0.0110. The van der Waals surface area contributed by atoms with Gasteiger partial charge in [-0.15, -0.1) is 0 Å².